The number of Topliss-reactive ketones (excluding diaryl/α,β-unsaturated/α-hetero) is 1. The topological polar surface area (TPSA) is 90.9 Å². The number of esters is 1. The second kappa shape index (κ2) is 10.1. The molecule has 3 aromatic rings. The van der Waals surface area contributed by atoms with Gasteiger partial charge in [0.05, 0.1) is 14.2 Å². The molecular weight excluding hydrogens is 398 g/mol. The van der Waals surface area contributed by atoms with Crippen LogP contribution in [0.15, 0.2) is 72.8 Å². The summed E-state index contributed by atoms with van der Waals surface area (Å²) in [5.74, 6) is -0.484. The number of nitrogens with one attached hydrogen (secondary N) is 1. The highest BCUT2D eigenvalue weighted by molar-refractivity contribution is 6.05. The predicted octanol–water partition coefficient (Wildman–Crippen LogP) is 4.00. The van der Waals surface area contributed by atoms with Crippen LogP contribution in [0, 0.1) is 0 Å². The van der Waals surface area contributed by atoms with Gasteiger partial charge in [-0.05, 0) is 48.5 Å². The Hall–Kier alpha value is -4.13. The van der Waals surface area contributed by atoms with E-state index in [9.17, 15) is 14.4 Å². The van der Waals surface area contributed by atoms with Gasteiger partial charge in [-0.15, -0.1) is 0 Å². The number of hydrogen-bond donors (Lipinski definition) is 1. The van der Waals surface area contributed by atoms with Crippen molar-refractivity contribution in [2.75, 3.05) is 26.1 Å². The summed E-state index contributed by atoms with van der Waals surface area (Å²) in [4.78, 5) is 36.9. The lowest BCUT2D eigenvalue weighted by Gasteiger charge is -2.10. The van der Waals surface area contributed by atoms with E-state index in [1.807, 2.05) is 6.07 Å². The van der Waals surface area contributed by atoms with Gasteiger partial charge < -0.3 is 19.5 Å². The van der Waals surface area contributed by atoms with Crippen molar-refractivity contribution in [1.82, 2.24) is 0 Å². The van der Waals surface area contributed by atoms with Gasteiger partial charge in [0, 0.05) is 22.9 Å². The van der Waals surface area contributed by atoms with E-state index in [4.69, 9.17) is 14.2 Å². The number of ketones is 1. The molecule has 0 aliphatic carbocycles. The molecule has 31 heavy (non-hydrogen) atoms. The fourth-order valence-electron chi connectivity index (χ4n) is 2.79. The molecule has 0 saturated carbocycles. The molecule has 0 fully saturated rings. The Morgan fingerprint density at radius 1 is 0.806 bits per heavy atom. The monoisotopic (exact) mass is 419 g/mol. The van der Waals surface area contributed by atoms with Crippen LogP contribution in [0.3, 0.4) is 0 Å². The fraction of sp³-hybridized carbons (Fsp3) is 0.125. The molecule has 1 amide bonds. The van der Waals surface area contributed by atoms with Crippen LogP contribution in [-0.4, -0.2) is 38.5 Å². The van der Waals surface area contributed by atoms with E-state index in [1.54, 1.807) is 60.7 Å². The van der Waals surface area contributed by atoms with Crippen LogP contribution in [0.25, 0.3) is 0 Å². The van der Waals surface area contributed by atoms with E-state index in [0.717, 1.165) is 0 Å². The Labute approximate surface area is 179 Å². The highest BCUT2D eigenvalue weighted by Crippen LogP contribution is 2.25. The van der Waals surface area contributed by atoms with Crippen LogP contribution < -0.4 is 14.8 Å². The van der Waals surface area contributed by atoms with Crippen molar-refractivity contribution in [2.24, 2.45) is 0 Å². The normalized spacial score (nSPS) is 10.1. The van der Waals surface area contributed by atoms with E-state index in [2.05, 4.69) is 5.32 Å². The fourth-order valence-corrected chi connectivity index (χ4v) is 2.79. The maximum atomic E-state index is 12.4. The van der Waals surface area contributed by atoms with E-state index in [-0.39, 0.29) is 23.0 Å². The van der Waals surface area contributed by atoms with E-state index in [1.165, 1.54) is 20.3 Å². The van der Waals surface area contributed by atoms with Crippen LogP contribution in [0.2, 0.25) is 0 Å². The second-order valence-electron chi connectivity index (χ2n) is 6.46. The highest BCUT2D eigenvalue weighted by atomic mass is 16.5. The summed E-state index contributed by atoms with van der Waals surface area (Å²) in [6.45, 7) is -0.427. The van der Waals surface area contributed by atoms with Gasteiger partial charge in [-0.3, -0.25) is 9.59 Å². The van der Waals surface area contributed by atoms with Crippen molar-refractivity contribution in [3.63, 3.8) is 0 Å². The van der Waals surface area contributed by atoms with E-state index < -0.39 is 12.6 Å². The predicted molar refractivity (Wildman–Crippen MR) is 115 cm³/mol. The molecule has 3 rings (SSSR count). The molecule has 0 aliphatic rings. The van der Waals surface area contributed by atoms with Crippen molar-refractivity contribution in [2.45, 2.75) is 0 Å². The van der Waals surface area contributed by atoms with Crippen molar-refractivity contribution < 1.29 is 28.6 Å². The van der Waals surface area contributed by atoms with Gasteiger partial charge in [0.15, 0.2) is 12.4 Å². The van der Waals surface area contributed by atoms with Gasteiger partial charge in [0.1, 0.15) is 17.1 Å². The van der Waals surface area contributed by atoms with Gasteiger partial charge in [-0.1, -0.05) is 18.2 Å². The summed E-state index contributed by atoms with van der Waals surface area (Å²) in [6.07, 6.45) is 0. The number of benzene rings is 3. The lowest BCUT2D eigenvalue weighted by molar-refractivity contribution is 0.0471. The maximum absolute atomic E-state index is 12.4. The van der Waals surface area contributed by atoms with Gasteiger partial charge in [-0.25, -0.2) is 4.79 Å². The summed E-state index contributed by atoms with van der Waals surface area (Å²) < 4.78 is 15.4. The Morgan fingerprint density at radius 3 is 2.16 bits per heavy atom. The second-order valence-corrected chi connectivity index (χ2v) is 6.46. The first-order chi connectivity index (χ1) is 15.0. The van der Waals surface area contributed by atoms with E-state index >= 15 is 0 Å². The molecule has 7 nitrogen and oxygen atoms in total. The molecule has 0 radical (unpaired) electrons. The highest BCUT2D eigenvalue weighted by Gasteiger charge is 2.17. The van der Waals surface area contributed by atoms with Crippen LogP contribution >= 0.6 is 0 Å². The number of amides is 1. The minimum Gasteiger partial charge on any atom is -0.497 e. The Balaban J connectivity index is 1.58. The van der Waals surface area contributed by atoms with Gasteiger partial charge in [0.25, 0.3) is 5.91 Å². The first kappa shape index (κ1) is 21.6. The van der Waals surface area contributed by atoms with Crippen molar-refractivity contribution >= 4 is 23.3 Å². The largest absolute Gasteiger partial charge is 0.497 e. The third kappa shape index (κ3) is 5.48. The minimum atomic E-state index is -0.681. The van der Waals surface area contributed by atoms with Crippen LogP contribution in [-0.2, 0) is 4.74 Å². The lowest BCUT2D eigenvalue weighted by atomic mass is 10.1. The summed E-state index contributed by atoms with van der Waals surface area (Å²) >= 11 is 0. The number of carbonyl (C=O) groups excluding carboxylic acids is 3. The van der Waals surface area contributed by atoms with Crippen LogP contribution in [0.1, 0.15) is 31.1 Å². The zero-order valence-electron chi connectivity index (χ0n) is 17.1. The minimum absolute atomic E-state index is 0.190. The molecule has 158 valence electrons. The molecule has 0 bridgehead atoms. The molecule has 0 saturated heterocycles. The number of carbonyl (C=O) groups is 3. The molecule has 0 unspecified atom stereocenters. The molecular formula is C24H21NO6. The summed E-state index contributed by atoms with van der Waals surface area (Å²) in [7, 11) is 2.93. The molecule has 1 N–H and O–H groups in total. The number of methoxy groups -OCH3 is 2. The van der Waals surface area contributed by atoms with Crippen molar-refractivity contribution in [3.05, 3.63) is 89.5 Å². The molecule has 0 aliphatic heterocycles. The molecule has 7 heteroatoms. The molecule has 0 heterocycles. The van der Waals surface area contributed by atoms with Crippen LogP contribution in [0.5, 0.6) is 11.5 Å². The first-order valence-corrected chi connectivity index (χ1v) is 9.40. The third-order valence-electron chi connectivity index (χ3n) is 4.46. The number of anilines is 1. The third-order valence-corrected chi connectivity index (χ3v) is 4.46. The number of rotatable bonds is 8. The SMILES string of the molecule is COc1ccc(C(=O)OCC(=O)c2ccc(NC(=O)c3ccccc3)cc2)c(OC)c1. The zero-order valence-corrected chi connectivity index (χ0v) is 17.1. The number of ether oxygens (including phenoxy) is 3. The first-order valence-electron chi connectivity index (χ1n) is 9.40. The van der Waals surface area contributed by atoms with Gasteiger partial charge in [-0.2, -0.15) is 0 Å². The average Bonchev–Trinajstić information content (AvgIpc) is 2.82. The van der Waals surface area contributed by atoms with Crippen molar-refractivity contribution in [3.8, 4) is 11.5 Å². The molecule has 0 atom stereocenters. The standard InChI is InChI=1S/C24H21NO6/c1-29-19-12-13-20(22(14-19)30-2)24(28)31-15-21(26)16-8-10-18(11-9-16)25-23(27)17-6-4-3-5-7-17/h3-14H,15H2,1-2H3,(H,25,27). The smallest absolute Gasteiger partial charge is 0.342 e. The summed E-state index contributed by atoms with van der Waals surface area (Å²) in [5, 5.41) is 2.76. The summed E-state index contributed by atoms with van der Waals surface area (Å²) in [5.41, 5.74) is 1.62. The van der Waals surface area contributed by atoms with E-state index in [0.29, 0.717) is 22.6 Å². The Kier molecular flexibility index (Phi) is 7.01. The number of hydrogen-bond acceptors (Lipinski definition) is 6. The summed E-state index contributed by atoms with van der Waals surface area (Å²) in [6, 6.07) is 19.8. The van der Waals surface area contributed by atoms with Crippen molar-refractivity contribution in [1.29, 1.82) is 0 Å². The molecule has 3 aromatic carbocycles. The van der Waals surface area contributed by atoms with Gasteiger partial charge in [0.2, 0.25) is 0 Å². The van der Waals surface area contributed by atoms with Gasteiger partial charge >= 0.3 is 5.97 Å². The zero-order chi connectivity index (χ0) is 22.2. The Bertz CT molecular complexity index is 1080. The molecule has 0 spiro atoms. The molecule has 0 aromatic heterocycles. The average molecular weight is 419 g/mol. The van der Waals surface area contributed by atoms with Crippen LogP contribution in [0.4, 0.5) is 5.69 Å². The Morgan fingerprint density at radius 2 is 1.52 bits per heavy atom. The quantitative estimate of drug-likeness (QED) is 0.438. The maximum Gasteiger partial charge on any atom is 0.342 e. The lowest BCUT2D eigenvalue weighted by Crippen LogP contribution is -2.15.